The highest BCUT2D eigenvalue weighted by atomic mass is 79.9. The molecule has 1 aliphatic heterocycles. The number of benzene rings is 5. The molecule has 0 fully saturated rings. The Hall–Kier alpha value is -3.92. The summed E-state index contributed by atoms with van der Waals surface area (Å²) in [6.07, 6.45) is 6.88. The van der Waals surface area contributed by atoms with Gasteiger partial charge in [0, 0.05) is 25.2 Å². The number of hydrogen-bond acceptors (Lipinski definition) is 2. The third kappa shape index (κ3) is 4.02. The van der Waals surface area contributed by atoms with E-state index >= 15 is 0 Å². The molecule has 0 atom stereocenters. The number of allylic oxidation sites excluding steroid dienone is 1. The summed E-state index contributed by atoms with van der Waals surface area (Å²) in [6, 6.07) is 40.3. The van der Waals surface area contributed by atoms with Crippen LogP contribution in [-0.2, 0) is 11.8 Å². The third-order valence-electron chi connectivity index (χ3n) is 8.97. The first-order valence-corrected chi connectivity index (χ1v) is 16.2. The van der Waals surface area contributed by atoms with E-state index in [-0.39, 0.29) is 5.41 Å². The molecule has 0 saturated heterocycles. The van der Waals surface area contributed by atoms with E-state index < -0.39 is 0 Å². The number of aryl methyl sites for hydroxylation is 1. The summed E-state index contributed by atoms with van der Waals surface area (Å²) in [5, 5.41) is 1.41. The molecular formula is C39H30BrNS. The second kappa shape index (κ2) is 9.83. The highest BCUT2D eigenvalue weighted by Gasteiger charge is 2.37. The number of fused-ring (bicyclic) bond motifs is 5. The van der Waals surface area contributed by atoms with Crippen molar-refractivity contribution in [1.29, 1.82) is 0 Å². The third-order valence-corrected chi connectivity index (χ3v) is 10.7. The molecule has 0 spiro atoms. The Morgan fingerprint density at radius 2 is 1.50 bits per heavy atom. The van der Waals surface area contributed by atoms with Gasteiger partial charge >= 0.3 is 0 Å². The maximum absolute atomic E-state index is 3.87. The van der Waals surface area contributed by atoms with Crippen LogP contribution in [0, 0.1) is 0 Å². The molecule has 2 aliphatic rings. The van der Waals surface area contributed by atoms with Crippen molar-refractivity contribution in [2.45, 2.75) is 32.1 Å². The lowest BCUT2D eigenvalue weighted by Crippen LogP contribution is -2.30. The van der Waals surface area contributed by atoms with Crippen LogP contribution >= 0.6 is 27.3 Å². The molecule has 0 radical (unpaired) electrons. The average Bonchev–Trinajstić information content (AvgIpc) is 3.40. The zero-order chi connectivity index (χ0) is 28.4. The van der Waals surface area contributed by atoms with E-state index in [0.717, 1.165) is 17.3 Å². The van der Waals surface area contributed by atoms with Crippen LogP contribution in [0.4, 0.5) is 17.1 Å². The molecular weight excluding hydrogens is 594 g/mol. The van der Waals surface area contributed by atoms with Gasteiger partial charge in [-0.2, -0.15) is 0 Å². The number of para-hydroxylation sites is 2. The Morgan fingerprint density at radius 1 is 0.714 bits per heavy atom. The molecule has 1 aromatic heterocycles. The lowest BCUT2D eigenvalue weighted by Gasteiger charge is -2.42. The van der Waals surface area contributed by atoms with E-state index in [2.05, 4.69) is 156 Å². The van der Waals surface area contributed by atoms with Crippen LogP contribution in [0.15, 0.2) is 120 Å². The Labute approximate surface area is 259 Å². The van der Waals surface area contributed by atoms with Crippen molar-refractivity contribution in [1.82, 2.24) is 0 Å². The van der Waals surface area contributed by atoms with Crippen LogP contribution in [0.5, 0.6) is 0 Å². The first-order chi connectivity index (χ1) is 20.5. The summed E-state index contributed by atoms with van der Waals surface area (Å²) in [5.41, 5.74) is 12.7. The number of nitrogens with zero attached hydrogens (tertiary/aromatic N) is 1. The van der Waals surface area contributed by atoms with E-state index in [4.69, 9.17) is 0 Å². The van der Waals surface area contributed by atoms with Gasteiger partial charge in [0.1, 0.15) is 0 Å². The van der Waals surface area contributed by atoms with E-state index in [0.29, 0.717) is 0 Å². The molecule has 0 saturated carbocycles. The monoisotopic (exact) mass is 623 g/mol. The van der Waals surface area contributed by atoms with Crippen molar-refractivity contribution < 1.29 is 0 Å². The van der Waals surface area contributed by atoms with Crippen LogP contribution in [0.3, 0.4) is 0 Å². The topological polar surface area (TPSA) is 3.24 Å². The van der Waals surface area contributed by atoms with Crippen molar-refractivity contribution in [2.24, 2.45) is 0 Å². The van der Waals surface area contributed by atoms with Gasteiger partial charge in [-0.15, -0.1) is 11.3 Å². The second-order valence-electron chi connectivity index (χ2n) is 11.8. The lowest BCUT2D eigenvalue weighted by atomic mass is 9.73. The van der Waals surface area contributed by atoms with Gasteiger partial charge in [0.25, 0.3) is 0 Å². The van der Waals surface area contributed by atoms with Gasteiger partial charge in [-0.3, -0.25) is 0 Å². The SMILES string of the molecule is CC1(C)c2ccccc2N(c2ccccc2)c2ccc(-c3cc(Br)cc(-c4cccc5c6c(sc45)C=CCC6)c3)cc21. The largest absolute Gasteiger partial charge is 0.310 e. The molecule has 8 rings (SSSR count). The number of hydrogen-bond donors (Lipinski definition) is 0. The number of thiophene rings is 1. The lowest BCUT2D eigenvalue weighted by molar-refractivity contribution is 0.632. The van der Waals surface area contributed by atoms with Crippen molar-refractivity contribution in [3.05, 3.63) is 141 Å². The fourth-order valence-corrected chi connectivity index (χ4v) is 8.69. The molecule has 1 aliphatic carbocycles. The van der Waals surface area contributed by atoms with Crippen molar-refractivity contribution in [3.63, 3.8) is 0 Å². The van der Waals surface area contributed by atoms with Gasteiger partial charge in [0.15, 0.2) is 0 Å². The summed E-state index contributed by atoms with van der Waals surface area (Å²) >= 11 is 5.80. The minimum atomic E-state index is -0.142. The van der Waals surface area contributed by atoms with Gasteiger partial charge in [-0.05, 0) is 112 Å². The molecule has 3 heteroatoms. The van der Waals surface area contributed by atoms with Gasteiger partial charge in [-0.1, -0.05) is 96.5 Å². The fraction of sp³-hybridized carbons (Fsp3) is 0.128. The standard InChI is InChI=1S/C39H30BrNS/c1-39(2)33-16-7-8-17-35(33)41(29-11-4-3-5-12-29)36-20-19-25(24-34(36)39)26-21-27(23-28(40)22-26)30-14-10-15-32-31-13-6-9-18-37(31)42-38(30)32/h3-5,7-12,14-24H,6,13H2,1-2H3. The zero-order valence-corrected chi connectivity index (χ0v) is 26.1. The summed E-state index contributed by atoms with van der Waals surface area (Å²) in [6.45, 7) is 4.72. The Morgan fingerprint density at radius 3 is 2.38 bits per heavy atom. The molecule has 0 bridgehead atoms. The molecule has 204 valence electrons. The summed E-state index contributed by atoms with van der Waals surface area (Å²) in [7, 11) is 0. The fourth-order valence-electron chi connectivity index (χ4n) is 6.88. The number of rotatable bonds is 3. The van der Waals surface area contributed by atoms with Crippen molar-refractivity contribution in [3.8, 4) is 22.3 Å². The molecule has 0 unspecified atom stereocenters. The minimum absolute atomic E-state index is 0.142. The molecule has 0 N–H and O–H groups in total. The van der Waals surface area contributed by atoms with Gasteiger partial charge in [0.2, 0.25) is 0 Å². The van der Waals surface area contributed by atoms with Crippen LogP contribution in [0.25, 0.3) is 38.4 Å². The highest BCUT2D eigenvalue weighted by Crippen LogP contribution is 2.52. The molecule has 6 aromatic rings. The quantitative estimate of drug-likeness (QED) is 0.189. The molecule has 0 amide bonds. The number of anilines is 3. The van der Waals surface area contributed by atoms with Gasteiger partial charge in [-0.25, -0.2) is 0 Å². The summed E-state index contributed by atoms with van der Waals surface area (Å²) < 4.78 is 2.49. The average molecular weight is 625 g/mol. The van der Waals surface area contributed by atoms with Gasteiger partial charge in [0.05, 0.1) is 11.4 Å². The summed E-state index contributed by atoms with van der Waals surface area (Å²) in [4.78, 5) is 3.83. The van der Waals surface area contributed by atoms with Crippen LogP contribution in [0.1, 0.15) is 41.8 Å². The van der Waals surface area contributed by atoms with E-state index in [1.165, 1.54) is 71.0 Å². The predicted molar refractivity (Wildman–Crippen MR) is 185 cm³/mol. The van der Waals surface area contributed by atoms with Gasteiger partial charge < -0.3 is 4.90 Å². The Kier molecular flexibility index (Phi) is 6.03. The Balaban J connectivity index is 1.29. The number of halogens is 1. The Bertz CT molecular complexity index is 2030. The molecule has 1 nitrogen and oxygen atoms in total. The van der Waals surface area contributed by atoms with Crippen molar-refractivity contribution >= 4 is 60.5 Å². The summed E-state index contributed by atoms with van der Waals surface area (Å²) in [5.74, 6) is 0. The first-order valence-electron chi connectivity index (χ1n) is 14.6. The predicted octanol–water partition coefficient (Wildman–Crippen LogP) is 12.1. The van der Waals surface area contributed by atoms with Crippen LogP contribution < -0.4 is 4.90 Å². The highest BCUT2D eigenvalue weighted by molar-refractivity contribution is 9.10. The molecule has 42 heavy (non-hydrogen) atoms. The van der Waals surface area contributed by atoms with E-state index in [9.17, 15) is 0 Å². The van der Waals surface area contributed by atoms with Crippen LogP contribution in [-0.4, -0.2) is 0 Å². The zero-order valence-electron chi connectivity index (χ0n) is 23.7. The van der Waals surface area contributed by atoms with Crippen molar-refractivity contribution in [2.75, 3.05) is 4.90 Å². The first kappa shape index (κ1) is 25.8. The molecule has 5 aromatic carbocycles. The molecule has 2 heterocycles. The van der Waals surface area contributed by atoms with E-state index in [1.54, 1.807) is 0 Å². The maximum atomic E-state index is 3.87. The van der Waals surface area contributed by atoms with E-state index in [1.807, 2.05) is 11.3 Å². The minimum Gasteiger partial charge on any atom is -0.310 e. The smallest absolute Gasteiger partial charge is 0.0503 e. The van der Waals surface area contributed by atoms with Crippen LogP contribution in [0.2, 0.25) is 0 Å². The maximum Gasteiger partial charge on any atom is 0.0503 e. The second-order valence-corrected chi connectivity index (χ2v) is 13.8. The normalized spacial score (nSPS) is 14.9.